The molecule has 0 aliphatic carbocycles. The Hall–Kier alpha value is -1.57. The summed E-state index contributed by atoms with van der Waals surface area (Å²) in [5.41, 5.74) is 1.65. The Morgan fingerprint density at radius 3 is 2.50 bits per heavy atom. The summed E-state index contributed by atoms with van der Waals surface area (Å²) in [4.78, 5) is 10.7. The number of carboxylic acids is 1. The molecule has 0 spiro atoms. The lowest BCUT2D eigenvalue weighted by Gasteiger charge is -2.01. The first-order valence-corrected chi connectivity index (χ1v) is 4.66. The number of aliphatic carboxylic acids is 1. The van der Waals surface area contributed by atoms with Crippen LogP contribution in [0, 0.1) is 0 Å². The summed E-state index contributed by atoms with van der Waals surface area (Å²) in [6.45, 7) is 1.76. The summed E-state index contributed by atoms with van der Waals surface area (Å²) in [7, 11) is 0. The predicted octanol–water partition coefficient (Wildman–Crippen LogP) is 2.65. The van der Waals surface area contributed by atoms with Crippen LogP contribution in [0.3, 0.4) is 0 Å². The molecule has 0 aliphatic heterocycles. The van der Waals surface area contributed by atoms with E-state index in [1.807, 2.05) is 30.3 Å². The van der Waals surface area contributed by atoms with E-state index in [9.17, 15) is 4.79 Å². The summed E-state index contributed by atoms with van der Waals surface area (Å²) >= 11 is 0. The van der Waals surface area contributed by atoms with E-state index < -0.39 is 5.97 Å². The molecule has 14 heavy (non-hydrogen) atoms. The van der Waals surface area contributed by atoms with Crippen LogP contribution in [-0.2, 0) is 11.2 Å². The number of hydrogen-bond acceptors (Lipinski definition) is 1. The molecule has 0 atom stereocenters. The highest BCUT2D eigenvalue weighted by atomic mass is 16.4. The molecule has 1 rings (SSSR count). The minimum absolute atomic E-state index is 0.480. The van der Waals surface area contributed by atoms with E-state index in [0.29, 0.717) is 12.0 Å². The molecular formula is C12H14O2. The van der Waals surface area contributed by atoms with Crippen molar-refractivity contribution < 1.29 is 9.90 Å². The normalized spacial score (nSPS) is 11.4. The van der Waals surface area contributed by atoms with Gasteiger partial charge in [-0.05, 0) is 25.3 Å². The van der Waals surface area contributed by atoms with E-state index in [1.165, 1.54) is 5.56 Å². The van der Waals surface area contributed by atoms with Crippen molar-refractivity contribution in [3.05, 3.63) is 47.5 Å². The zero-order valence-corrected chi connectivity index (χ0v) is 8.23. The molecule has 1 aromatic carbocycles. The number of carbonyl (C=O) groups is 1. The first kappa shape index (κ1) is 10.5. The van der Waals surface area contributed by atoms with Gasteiger partial charge in [0.1, 0.15) is 0 Å². The average molecular weight is 190 g/mol. The van der Waals surface area contributed by atoms with Gasteiger partial charge in [0.15, 0.2) is 0 Å². The Labute approximate surface area is 83.9 Å². The molecule has 0 saturated heterocycles. The molecule has 0 heterocycles. The lowest BCUT2D eigenvalue weighted by Crippen LogP contribution is -2.01. The van der Waals surface area contributed by atoms with Crippen LogP contribution in [0.5, 0.6) is 0 Å². The maximum Gasteiger partial charge on any atom is 0.331 e. The number of rotatable bonds is 4. The number of benzene rings is 1. The van der Waals surface area contributed by atoms with E-state index in [4.69, 9.17) is 5.11 Å². The molecule has 74 valence electrons. The fourth-order valence-corrected chi connectivity index (χ4v) is 1.30. The van der Waals surface area contributed by atoms with Crippen molar-refractivity contribution in [2.75, 3.05) is 0 Å². The third-order valence-corrected chi connectivity index (χ3v) is 2.15. The van der Waals surface area contributed by atoms with Gasteiger partial charge in [-0.3, -0.25) is 0 Å². The second-order valence-electron chi connectivity index (χ2n) is 3.10. The van der Waals surface area contributed by atoms with Gasteiger partial charge in [0.2, 0.25) is 0 Å². The van der Waals surface area contributed by atoms with Crippen LogP contribution in [-0.4, -0.2) is 11.1 Å². The predicted molar refractivity (Wildman–Crippen MR) is 56.2 cm³/mol. The lowest BCUT2D eigenvalue weighted by atomic mass is 10.0. The summed E-state index contributed by atoms with van der Waals surface area (Å²) in [5.74, 6) is -0.816. The van der Waals surface area contributed by atoms with E-state index >= 15 is 0 Å². The Kier molecular flexibility index (Phi) is 3.92. The summed E-state index contributed by atoms with van der Waals surface area (Å²) < 4.78 is 0. The van der Waals surface area contributed by atoms with Crippen molar-refractivity contribution >= 4 is 5.97 Å². The van der Waals surface area contributed by atoms with Gasteiger partial charge in [0.25, 0.3) is 0 Å². The van der Waals surface area contributed by atoms with Crippen LogP contribution in [0.15, 0.2) is 42.0 Å². The van der Waals surface area contributed by atoms with Crippen LogP contribution >= 0.6 is 0 Å². The third kappa shape index (κ3) is 3.05. The van der Waals surface area contributed by atoms with Crippen LogP contribution in [0.1, 0.15) is 18.9 Å². The van der Waals surface area contributed by atoms with Gasteiger partial charge in [-0.1, -0.05) is 36.4 Å². The summed E-state index contributed by atoms with van der Waals surface area (Å²) in [6.07, 6.45) is 3.04. The maximum atomic E-state index is 10.7. The average Bonchev–Trinajstić information content (AvgIpc) is 2.20. The van der Waals surface area contributed by atoms with Crippen molar-refractivity contribution in [2.24, 2.45) is 0 Å². The van der Waals surface area contributed by atoms with Crippen LogP contribution in [0.4, 0.5) is 0 Å². The summed E-state index contributed by atoms with van der Waals surface area (Å²) in [5, 5.41) is 8.78. The quantitative estimate of drug-likeness (QED) is 0.741. The molecule has 0 bridgehead atoms. The van der Waals surface area contributed by atoms with Gasteiger partial charge >= 0.3 is 5.97 Å². The van der Waals surface area contributed by atoms with Crippen LogP contribution in [0.25, 0.3) is 0 Å². The molecule has 0 saturated carbocycles. The zero-order chi connectivity index (χ0) is 10.4. The Morgan fingerprint density at radius 1 is 1.36 bits per heavy atom. The number of allylic oxidation sites excluding steroid dienone is 1. The molecule has 0 radical (unpaired) electrons. The zero-order valence-electron chi connectivity index (χ0n) is 8.23. The number of carboxylic acid groups (broad SMARTS) is 1. The second-order valence-corrected chi connectivity index (χ2v) is 3.10. The van der Waals surface area contributed by atoms with Crippen molar-refractivity contribution in [3.8, 4) is 0 Å². The van der Waals surface area contributed by atoms with Crippen molar-refractivity contribution in [2.45, 2.75) is 19.8 Å². The van der Waals surface area contributed by atoms with Gasteiger partial charge in [0.05, 0.1) is 0 Å². The topological polar surface area (TPSA) is 37.3 Å². The maximum absolute atomic E-state index is 10.7. The minimum atomic E-state index is -0.816. The number of aryl methyl sites for hydroxylation is 1. The molecule has 2 nitrogen and oxygen atoms in total. The van der Waals surface area contributed by atoms with Crippen LogP contribution < -0.4 is 0 Å². The molecule has 0 aliphatic rings. The SMILES string of the molecule is C/C=C(/CCc1ccccc1)C(=O)O. The minimum Gasteiger partial charge on any atom is -0.478 e. The highest BCUT2D eigenvalue weighted by Gasteiger charge is 2.05. The Balaban J connectivity index is 2.53. The van der Waals surface area contributed by atoms with E-state index in [-0.39, 0.29) is 0 Å². The molecular weight excluding hydrogens is 176 g/mol. The second kappa shape index (κ2) is 5.22. The monoisotopic (exact) mass is 190 g/mol. The van der Waals surface area contributed by atoms with Gasteiger partial charge in [-0.2, -0.15) is 0 Å². The van der Waals surface area contributed by atoms with E-state index in [2.05, 4.69) is 0 Å². The fourth-order valence-electron chi connectivity index (χ4n) is 1.30. The van der Waals surface area contributed by atoms with E-state index in [0.717, 1.165) is 6.42 Å². The molecule has 0 aromatic heterocycles. The van der Waals surface area contributed by atoms with Gasteiger partial charge in [-0.25, -0.2) is 4.79 Å². The molecule has 2 heteroatoms. The lowest BCUT2D eigenvalue weighted by molar-refractivity contribution is -0.132. The number of hydrogen-bond donors (Lipinski definition) is 1. The highest BCUT2D eigenvalue weighted by Crippen LogP contribution is 2.08. The van der Waals surface area contributed by atoms with Gasteiger partial charge < -0.3 is 5.11 Å². The third-order valence-electron chi connectivity index (χ3n) is 2.15. The Morgan fingerprint density at radius 2 is 2.00 bits per heavy atom. The molecule has 0 unspecified atom stereocenters. The first-order chi connectivity index (χ1) is 6.74. The van der Waals surface area contributed by atoms with Crippen LogP contribution in [0.2, 0.25) is 0 Å². The highest BCUT2D eigenvalue weighted by molar-refractivity contribution is 5.86. The van der Waals surface area contributed by atoms with Gasteiger partial charge in [0, 0.05) is 5.57 Å². The molecule has 1 N–H and O–H groups in total. The molecule has 1 aromatic rings. The van der Waals surface area contributed by atoms with Crippen molar-refractivity contribution in [1.82, 2.24) is 0 Å². The largest absolute Gasteiger partial charge is 0.478 e. The molecule has 0 amide bonds. The first-order valence-electron chi connectivity index (χ1n) is 4.66. The van der Waals surface area contributed by atoms with Gasteiger partial charge in [-0.15, -0.1) is 0 Å². The Bertz CT molecular complexity index is 325. The standard InChI is InChI=1S/C12H14O2/c1-2-11(12(13)14)9-8-10-6-4-3-5-7-10/h2-7H,8-9H2,1H3,(H,13,14)/b11-2-. The summed E-state index contributed by atoms with van der Waals surface area (Å²) in [6, 6.07) is 9.90. The fraction of sp³-hybridized carbons (Fsp3) is 0.250. The van der Waals surface area contributed by atoms with E-state index in [1.54, 1.807) is 13.0 Å². The van der Waals surface area contributed by atoms with Crippen molar-refractivity contribution in [1.29, 1.82) is 0 Å². The molecule has 0 fully saturated rings. The van der Waals surface area contributed by atoms with Crippen molar-refractivity contribution in [3.63, 3.8) is 0 Å². The smallest absolute Gasteiger partial charge is 0.331 e.